The number of aromatic nitrogens is 3. The van der Waals surface area contributed by atoms with E-state index in [0.717, 1.165) is 10.7 Å². The van der Waals surface area contributed by atoms with Crippen molar-refractivity contribution in [3.05, 3.63) is 60.6 Å². The number of nitrogens with zero attached hydrogens (tertiary/aromatic N) is 3. The molecule has 0 bridgehead atoms. The van der Waals surface area contributed by atoms with Gasteiger partial charge >= 0.3 is 6.18 Å². The van der Waals surface area contributed by atoms with Gasteiger partial charge in [0.25, 0.3) is 0 Å². The zero-order chi connectivity index (χ0) is 18.2. The minimum atomic E-state index is -4.70. The van der Waals surface area contributed by atoms with Crippen molar-refractivity contribution in [3.63, 3.8) is 0 Å². The first-order valence-corrected chi connectivity index (χ1v) is 8.42. The molecular weight excluding hydrogens is 357 g/mol. The van der Waals surface area contributed by atoms with Crippen molar-refractivity contribution in [2.24, 2.45) is 5.14 Å². The largest absolute Gasteiger partial charge is 0.435 e. The number of benzene rings is 1. The maximum Gasteiger partial charge on any atom is 0.435 e. The second-order valence-corrected chi connectivity index (χ2v) is 6.61. The molecule has 10 heteroatoms. The lowest BCUT2D eigenvalue weighted by Gasteiger charge is -2.11. The highest BCUT2D eigenvalue weighted by molar-refractivity contribution is 7.89. The number of alkyl halides is 3. The Balaban J connectivity index is 2.32. The van der Waals surface area contributed by atoms with Crippen LogP contribution in [0.4, 0.5) is 13.2 Å². The number of rotatable bonds is 3. The molecule has 0 saturated heterocycles. The first-order valence-electron chi connectivity index (χ1n) is 6.88. The first-order chi connectivity index (χ1) is 11.7. The molecule has 0 saturated carbocycles. The molecule has 0 amide bonds. The van der Waals surface area contributed by atoms with E-state index in [-0.39, 0.29) is 16.3 Å². The summed E-state index contributed by atoms with van der Waals surface area (Å²) in [5.41, 5.74) is -0.860. The van der Waals surface area contributed by atoms with E-state index in [0.29, 0.717) is 5.56 Å². The van der Waals surface area contributed by atoms with Crippen LogP contribution >= 0.6 is 0 Å². The molecule has 0 fully saturated rings. The normalized spacial score (nSPS) is 12.3. The fraction of sp³-hybridized carbons (Fsp3) is 0.0667. The van der Waals surface area contributed by atoms with E-state index in [2.05, 4.69) is 10.1 Å². The van der Waals surface area contributed by atoms with E-state index >= 15 is 0 Å². The van der Waals surface area contributed by atoms with Crippen LogP contribution in [-0.4, -0.2) is 23.2 Å². The summed E-state index contributed by atoms with van der Waals surface area (Å²) in [6, 6.07) is 9.34. The van der Waals surface area contributed by atoms with Gasteiger partial charge in [-0.15, -0.1) is 0 Å². The van der Waals surface area contributed by atoms with Gasteiger partial charge in [-0.1, -0.05) is 12.1 Å². The average Bonchev–Trinajstić information content (AvgIpc) is 3.00. The summed E-state index contributed by atoms with van der Waals surface area (Å²) >= 11 is 0. The number of primary sulfonamides is 1. The van der Waals surface area contributed by atoms with E-state index in [1.165, 1.54) is 36.7 Å². The van der Waals surface area contributed by atoms with E-state index in [4.69, 9.17) is 5.14 Å². The average molecular weight is 368 g/mol. The van der Waals surface area contributed by atoms with Crippen LogP contribution in [0.1, 0.15) is 5.69 Å². The van der Waals surface area contributed by atoms with E-state index in [9.17, 15) is 21.6 Å². The Labute approximate surface area is 140 Å². The third kappa shape index (κ3) is 3.39. The van der Waals surface area contributed by atoms with Crippen molar-refractivity contribution < 1.29 is 21.6 Å². The van der Waals surface area contributed by atoms with E-state index < -0.39 is 21.9 Å². The summed E-state index contributed by atoms with van der Waals surface area (Å²) in [6.07, 6.45) is -1.88. The molecule has 0 radical (unpaired) electrons. The van der Waals surface area contributed by atoms with Gasteiger partial charge in [0.05, 0.1) is 11.4 Å². The Kier molecular flexibility index (Phi) is 4.09. The highest BCUT2D eigenvalue weighted by Crippen LogP contribution is 2.34. The van der Waals surface area contributed by atoms with Crippen LogP contribution in [-0.2, 0) is 16.2 Å². The molecule has 0 aliphatic heterocycles. The van der Waals surface area contributed by atoms with Crippen LogP contribution in [0.5, 0.6) is 0 Å². The summed E-state index contributed by atoms with van der Waals surface area (Å²) in [6.45, 7) is 0. The van der Waals surface area contributed by atoms with Gasteiger partial charge in [0.1, 0.15) is 4.90 Å². The molecule has 0 unspecified atom stereocenters. The van der Waals surface area contributed by atoms with Crippen LogP contribution in [0.2, 0.25) is 0 Å². The molecule has 25 heavy (non-hydrogen) atoms. The van der Waals surface area contributed by atoms with Crippen molar-refractivity contribution in [2.75, 3.05) is 0 Å². The summed E-state index contributed by atoms with van der Waals surface area (Å²) in [4.78, 5) is 3.54. The Hall–Kier alpha value is -2.72. The number of pyridine rings is 1. The van der Waals surface area contributed by atoms with Gasteiger partial charge in [-0.2, -0.15) is 18.3 Å². The molecule has 130 valence electrons. The van der Waals surface area contributed by atoms with Crippen molar-refractivity contribution >= 4 is 10.0 Å². The summed E-state index contributed by atoms with van der Waals surface area (Å²) in [5, 5.41) is 8.72. The van der Waals surface area contributed by atoms with Crippen LogP contribution in [0.25, 0.3) is 16.9 Å². The Bertz CT molecular complexity index is 1010. The Morgan fingerprint density at radius 1 is 1.08 bits per heavy atom. The van der Waals surface area contributed by atoms with Gasteiger partial charge in [-0.3, -0.25) is 4.98 Å². The number of hydrogen-bond acceptors (Lipinski definition) is 4. The molecule has 0 atom stereocenters. The first kappa shape index (κ1) is 17.1. The standard InChI is InChI=1S/C15H11F3N4O2S/c16-15(17,18)14-8-12(10-4-3-7-20-9-10)22(21-14)11-5-1-2-6-13(11)25(19,23)24/h1-9H,(H2,19,23,24). The lowest BCUT2D eigenvalue weighted by molar-refractivity contribution is -0.141. The maximum absolute atomic E-state index is 13.1. The molecule has 6 nitrogen and oxygen atoms in total. The van der Waals surface area contributed by atoms with Gasteiger partial charge < -0.3 is 0 Å². The van der Waals surface area contributed by atoms with E-state index in [1.54, 1.807) is 12.1 Å². The van der Waals surface area contributed by atoms with E-state index in [1.807, 2.05) is 0 Å². The zero-order valence-electron chi connectivity index (χ0n) is 12.5. The maximum atomic E-state index is 13.1. The van der Waals surface area contributed by atoms with Crippen molar-refractivity contribution in [1.29, 1.82) is 0 Å². The van der Waals surface area contributed by atoms with Gasteiger partial charge in [0.2, 0.25) is 10.0 Å². The minimum absolute atomic E-state index is 0.0384. The smallest absolute Gasteiger partial charge is 0.264 e. The third-order valence-electron chi connectivity index (χ3n) is 3.36. The number of para-hydroxylation sites is 1. The van der Waals surface area contributed by atoms with Crippen molar-refractivity contribution in [3.8, 4) is 16.9 Å². The second kappa shape index (κ2) is 5.97. The van der Waals surface area contributed by atoms with Crippen LogP contribution in [0, 0.1) is 0 Å². The molecular formula is C15H11F3N4O2S. The summed E-state index contributed by atoms with van der Waals surface area (Å²) in [5.74, 6) is 0. The predicted octanol–water partition coefficient (Wildman–Crippen LogP) is 2.60. The molecule has 3 aromatic rings. The van der Waals surface area contributed by atoms with Gasteiger partial charge in [0.15, 0.2) is 5.69 Å². The highest BCUT2D eigenvalue weighted by Gasteiger charge is 2.35. The second-order valence-electron chi connectivity index (χ2n) is 5.08. The Morgan fingerprint density at radius 2 is 1.80 bits per heavy atom. The molecule has 2 N–H and O–H groups in total. The molecule has 2 aromatic heterocycles. The number of sulfonamides is 1. The molecule has 3 rings (SSSR count). The van der Waals surface area contributed by atoms with Crippen molar-refractivity contribution in [1.82, 2.24) is 14.8 Å². The lowest BCUT2D eigenvalue weighted by Crippen LogP contribution is -2.16. The van der Waals surface area contributed by atoms with Gasteiger partial charge in [0, 0.05) is 18.0 Å². The van der Waals surface area contributed by atoms with Gasteiger partial charge in [-0.05, 0) is 30.3 Å². The highest BCUT2D eigenvalue weighted by atomic mass is 32.2. The van der Waals surface area contributed by atoms with Crippen LogP contribution < -0.4 is 5.14 Å². The molecule has 0 aliphatic rings. The van der Waals surface area contributed by atoms with Gasteiger partial charge in [-0.25, -0.2) is 18.2 Å². The topological polar surface area (TPSA) is 90.9 Å². The summed E-state index contributed by atoms with van der Waals surface area (Å²) < 4.78 is 63.8. The quantitative estimate of drug-likeness (QED) is 0.769. The number of halogens is 3. The van der Waals surface area contributed by atoms with Crippen LogP contribution in [0.3, 0.4) is 0 Å². The Morgan fingerprint density at radius 3 is 2.40 bits per heavy atom. The molecule has 2 heterocycles. The third-order valence-corrected chi connectivity index (χ3v) is 4.32. The SMILES string of the molecule is NS(=O)(=O)c1ccccc1-n1nc(C(F)(F)F)cc1-c1cccnc1. The fourth-order valence-corrected chi connectivity index (χ4v) is 3.01. The predicted molar refractivity (Wildman–Crippen MR) is 83.2 cm³/mol. The lowest BCUT2D eigenvalue weighted by atomic mass is 10.2. The van der Waals surface area contributed by atoms with Crippen LogP contribution in [0.15, 0.2) is 59.8 Å². The molecule has 0 spiro atoms. The fourth-order valence-electron chi connectivity index (χ4n) is 2.30. The minimum Gasteiger partial charge on any atom is -0.264 e. The number of hydrogen-bond donors (Lipinski definition) is 1. The number of nitrogens with two attached hydrogens (primary N) is 1. The molecule has 0 aliphatic carbocycles. The zero-order valence-corrected chi connectivity index (χ0v) is 13.3. The summed E-state index contributed by atoms with van der Waals surface area (Å²) in [7, 11) is -4.16. The monoisotopic (exact) mass is 368 g/mol. The molecule has 1 aromatic carbocycles. The van der Waals surface area contributed by atoms with Crippen molar-refractivity contribution in [2.45, 2.75) is 11.1 Å².